The molecule has 1 aromatic heterocycles. The number of hydrogen-bond acceptors (Lipinski definition) is 5. The average molecular weight is 329 g/mol. The van der Waals surface area contributed by atoms with Crippen LogP contribution in [0.4, 0.5) is 0 Å². The fourth-order valence-electron chi connectivity index (χ4n) is 1.56. The Balaban J connectivity index is 2.53. The van der Waals surface area contributed by atoms with Crippen LogP contribution >= 0.6 is 23.1 Å². The van der Waals surface area contributed by atoms with Crippen molar-refractivity contribution >= 4 is 35.0 Å². The van der Waals surface area contributed by atoms with Gasteiger partial charge in [0.05, 0.1) is 9.96 Å². The Labute approximate surface area is 134 Å². The summed E-state index contributed by atoms with van der Waals surface area (Å²) in [5, 5.41) is 4.74. The molecule has 118 valence electrons. The van der Waals surface area contributed by atoms with E-state index in [1.807, 2.05) is 52.1 Å². The molecule has 0 saturated heterocycles. The third-order valence-electron chi connectivity index (χ3n) is 2.48. The first-order valence-corrected chi connectivity index (χ1v) is 8.74. The van der Waals surface area contributed by atoms with Gasteiger partial charge in [-0.1, -0.05) is 19.9 Å². The average Bonchev–Trinajstić information content (AvgIpc) is 2.83. The first kappa shape index (κ1) is 18.0. The third kappa shape index (κ3) is 7.00. The van der Waals surface area contributed by atoms with Crippen molar-refractivity contribution in [3.63, 3.8) is 0 Å². The monoisotopic (exact) mass is 329 g/mol. The first-order valence-electron chi connectivity index (χ1n) is 6.87. The first-order chi connectivity index (χ1) is 9.69. The van der Waals surface area contributed by atoms with Gasteiger partial charge in [0.2, 0.25) is 5.91 Å². The second kappa shape index (κ2) is 7.84. The van der Waals surface area contributed by atoms with Gasteiger partial charge in [0, 0.05) is 0 Å². The molecule has 1 atom stereocenters. The molecule has 0 radical (unpaired) electrons. The minimum absolute atomic E-state index is 0.0180. The Morgan fingerprint density at radius 3 is 2.52 bits per heavy atom. The zero-order chi connectivity index (χ0) is 16.0. The number of thioether (sulfide) groups is 1. The Bertz CT molecular complexity index is 464. The summed E-state index contributed by atoms with van der Waals surface area (Å²) in [5.41, 5.74) is -0.555. The van der Waals surface area contributed by atoms with E-state index in [1.165, 1.54) is 11.8 Å². The molecule has 0 fully saturated rings. The predicted octanol–water partition coefficient (Wildman–Crippen LogP) is 3.32. The summed E-state index contributed by atoms with van der Waals surface area (Å²) >= 11 is 3.06. The van der Waals surface area contributed by atoms with Crippen LogP contribution in [0, 0.1) is 5.92 Å². The number of thiophene rings is 1. The molecule has 4 nitrogen and oxygen atoms in total. The number of hydrogen-bond donors (Lipinski definition) is 1. The van der Waals surface area contributed by atoms with Gasteiger partial charge in [0.25, 0.3) is 0 Å². The third-order valence-corrected chi connectivity index (χ3v) is 4.62. The van der Waals surface area contributed by atoms with Crippen LogP contribution in [0.2, 0.25) is 0 Å². The summed E-state index contributed by atoms with van der Waals surface area (Å²) in [4.78, 5) is 24.1. The maximum absolute atomic E-state index is 12.1. The van der Waals surface area contributed by atoms with Gasteiger partial charge in [-0.25, -0.2) is 4.79 Å². The number of esters is 1. The molecule has 0 bridgehead atoms. The molecule has 0 aliphatic heterocycles. The molecule has 1 heterocycles. The van der Waals surface area contributed by atoms with Gasteiger partial charge < -0.3 is 10.1 Å². The lowest BCUT2D eigenvalue weighted by Crippen LogP contribution is -2.47. The molecule has 1 amide bonds. The topological polar surface area (TPSA) is 55.4 Å². The van der Waals surface area contributed by atoms with E-state index in [2.05, 4.69) is 5.32 Å². The smallest absolute Gasteiger partial charge is 0.329 e. The SMILES string of the molecule is CC(C)[C@H](NC(=O)CSc1cccs1)C(=O)OC(C)(C)C. The van der Waals surface area contributed by atoms with Crippen molar-refractivity contribution in [3.05, 3.63) is 17.5 Å². The van der Waals surface area contributed by atoms with Crippen molar-refractivity contribution in [1.29, 1.82) is 0 Å². The van der Waals surface area contributed by atoms with Crippen LogP contribution in [0.1, 0.15) is 34.6 Å². The lowest BCUT2D eigenvalue weighted by Gasteiger charge is -2.26. The fraction of sp³-hybridized carbons (Fsp3) is 0.600. The van der Waals surface area contributed by atoms with Gasteiger partial charge in [-0.05, 0) is 38.1 Å². The van der Waals surface area contributed by atoms with E-state index < -0.39 is 11.6 Å². The van der Waals surface area contributed by atoms with Crippen LogP contribution < -0.4 is 5.32 Å². The molecule has 1 aromatic rings. The summed E-state index contributed by atoms with van der Waals surface area (Å²) < 4.78 is 6.44. The maximum atomic E-state index is 12.1. The number of carbonyl (C=O) groups excluding carboxylic acids is 2. The highest BCUT2D eigenvalue weighted by Gasteiger charge is 2.29. The minimum Gasteiger partial charge on any atom is -0.458 e. The second-order valence-corrected chi connectivity index (χ2v) is 8.27. The Morgan fingerprint density at radius 1 is 1.38 bits per heavy atom. The Hall–Kier alpha value is -1.01. The van der Waals surface area contributed by atoms with Gasteiger partial charge in [0.15, 0.2) is 0 Å². The molecule has 1 N–H and O–H groups in total. The summed E-state index contributed by atoms with van der Waals surface area (Å²) in [5.74, 6) is -0.257. The Morgan fingerprint density at radius 2 is 2.05 bits per heavy atom. The number of carbonyl (C=O) groups is 2. The van der Waals surface area contributed by atoms with Crippen LogP contribution in [0.25, 0.3) is 0 Å². The molecule has 0 saturated carbocycles. The van der Waals surface area contributed by atoms with Crippen LogP contribution in [0.5, 0.6) is 0 Å². The molecule has 0 aliphatic rings. The highest BCUT2D eigenvalue weighted by atomic mass is 32.2. The maximum Gasteiger partial charge on any atom is 0.329 e. The van der Waals surface area contributed by atoms with Crippen molar-refractivity contribution in [3.8, 4) is 0 Å². The highest BCUT2D eigenvalue weighted by molar-refractivity contribution is 8.01. The van der Waals surface area contributed by atoms with Crippen LogP contribution in [-0.4, -0.2) is 29.3 Å². The number of ether oxygens (including phenoxy) is 1. The van der Waals surface area contributed by atoms with E-state index in [4.69, 9.17) is 4.74 Å². The van der Waals surface area contributed by atoms with Gasteiger partial charge >= 0.3 is 5.97 Å². The van der Waals surface area contributed by atoms with Crippen molar-refractivity contribution < 1.29 is 14.3 Å². The molecule has 1 rings (SSSR count). The largest absolute Gasteiger partial charge is 0.458 e. The van der Waals surface area contributed by atoms with Gasteiger partial charge in [-0.2, -0.15) is 0 Å². The molecule has 0 unspecified atom stereocenters. The normalized spacial score (nSPS) is 13.0. The molecular weight excluding hydrogens is 306 g/mol. The predicted molar refractivity (Wildman–Crippen MR) is 87.7 cm³/mol. The second-order valence-electron chi connectivity index (χ2n) is 6.04. The van der Waals surface area contributed by atoms with Gasteiger partial charge in [0.1, 0.15) is 11.6 Å². The van der Waals surface area contributed by atoms with E-state index in [-0.39, 0.29) is 17.8 Å². The summed E-state index contributed by atoms with van der Waals surface area (Å²) in [6, 6.07) is 3.31. The number of amides is 1. The van der Waals surface area contributed by atoms with Crippen LogP contribution in [0.15, 0.2) is 21.7 Å². The van der Waals surface area contributed by atoms with Gasteiger partial charge in [-0.15, -0.1) is 23.1 Å². The fourth-order valence-corrected chi connectivity index (χ4v) is 3.16. The molecule has 0 aliphatic carbocycles. The minimum atomic E-state index is -0.610. The zero-order valence-corrected chi connectivity index (χ0v) is 14.8. The molecular formula is C15H23NO3S2. The van der Waals surface area contributed by atoms with E-state index in [0.717, 1.165) is 4.21 Å². The summed E-state index contributed by atoms with van der Waals surface area (Å²) in [6.07, 6.45) is 0. The lowest BCUT2D eigenvalue weighted by atomic mass is 10.0. The molecule has 0 spiro atoms. The molecule has 6 heteroatoms. The highest BCUT2D eigenvalue weighted by Crippen LogP contribution is 2.23. The quantitative estimate of drug-likeness (QED) is 0.642. The number of nitrogens with one attached hydrogen (secondary N) is 1. The van der Waals surface area contributed by atoms with Crippen molar-refractivity contribution in [2.75, 3.05) is 5.75 Å². The van der Waals surface area contributed by atoms with E-state index in [9.17, 15) is 9.59 Å². The van der Waals surface area contributed by atoms with E-state index in [1.54, 1.807) is 11.3 Å². The van der Waals surface area contributed by atoms with E-state index >= 15 is 0 Å². The molecule has 0 aromatic carbocycles. The van der Waals surface area contributed by atoms with Crippen LogP contribution in [-0.2, 0) is 14.3 Å². The van der Waals surface area contributed by atoms with Crippen molar-refractivity contribution in [2.24, 2.45) is 5.92 Å². The Kier molecular flexibility index (Phi) is 6.74. The van der Waals surface area contributed by atoms with E-state index in [0.29, 0.717) is 5.75 Å². The zero-order valence-electron chi connectivity index (χ0n) is 13.1. The van der Waals surface area contributed by atoms with Crippen LogP contribution in [0.3, 0.4) is 0 Å². The lowest BCUT2D eigenvalue weighted by molar-refractivity contribution is -0.159. The standard InChI is InChI=1S/C15H23NO3S2/c1-10(2)13(14(18)19-15(3,4)5)16-11(17)9-21-12-7-6-8-20-12/h6-8,10,13H,9H2,1-5H3,(H,16,17)/t13-/m0/s1. The number of rotatable bonds is 6. The van der Waals surface area contributed by atoms with Gasteiger partial charge in [-0.3, -0.25) is 4.79 Å². The summed E-state index contributed by atoms with van der Waals surface area (Å²) in [7, 11) is 0. The van der Waals surface area contributed by atoms with Crippen molar-refractivity contribution in [2.45, 2.75) is 50.5 Å². The van der Waals surface area contributed by atoms with Crippen molar-refractivity contribution in [1.82, 2.24) is 5.32 Å². The molecule has 21 heavy (non-hydrogen) atoms. The summed E-state index contributed by atoms with van der Waals surface area (Å²) in [6.45, 7) is 9.23.